The van der Waals surface area contributed by atoms with Gasteiger partial charge in [0.2, 0.25) is 10.0 Å². The predicted molar refractivity (Wildman–Crippen MR) is 92.3 cm³/mol. The molecule has 0 bridgehead atoms. The SMILES string of the molecule is CS(=O)(=O)N(Cc1ccc(C(=O)CN)cc1F)c1ccc(Cl)cc1. The molecule has 5 nitrogen and oxygen atoms in total. The molecule has 128 valence electrons. The second-order valence-corrected chi connectivity index (χ2v) is 7.52. The van der Waals surface area contributed by atoms with Gasteiger partial charge in [0.15, 0.2) is 5.78 Å². The first-order valence-electron chi connectivity index (χ1n) is 6.97. The number of carbonyl (C=O) groups is 1. The molecule has 2 aromatic rings. The third kappa shape index (κ3) is 4.31. The maximum absolute atomic E-state index is 14.2. The van der Waals surface area contributed by atoms with E-state index in [9.17, 15) is 17.6 Å². The lowest BCUT2D eigenvalue weighted by atomic mass is 10.1. The standard InChI is InChI=1S/C16H16ClFN2O3S/c1-24(22,23)20(14-6-4-13(17)5-7-14)10-12-3-2-11(8-15(12)18)16(21)9-19/h2-8H,9-10,19H2,1H3. The maximum atomic E-state index is 14.2. The Morgan fingerprint density at radius 1 is 1.21 bits per heavy atom. The van der Waals surface area contributed by atoms with E-state index in [0.29, 0.717) is 10.7 Å². The van der Waals surface area contributed by atoms with Crippen LogP contribution in [0.5, 0.6) is 0 Å². The van der Waals surface area contributed by atoms with Gasteiger partial charge >= 0.3 is 0 Å². The summed E-state index contributed by atoms with van der Waals surface area (Å²) >= 11 is 5.81. The second-order valence-electron chi connectivity index (χ2n) is 5.18. The molecule has 0 amide bonds. The Morgan fingerprint density at radius 3 is 2.33 bits per heavy atom. The summed E-state index contributed by atoms with van der Waals surface area (Å²) in [5.74, 6) is -1.06. The van der Waals surface area contributed by atoms with Crippen LogP contribution in [0.15, 0.2) is 42.5 Å². The van der Waals surface area contributed by atoms with Gasteiger partial charge in [0.1, 0.15) is 5.82 Å². The highest BCUT2D eigenvalue weighted by molar-refractivity contribution is 7.92. The first kappa shape index (κ1) is 18.4. The van der Waals surface area contributed by atoms with E-state index in [0.717, 1.165) is 16.6 Å². The molecular weight excluding hydrogens is 355 g/mol. The number of benzene rings is 2. The average Bonchev–Trinajstić information content (AvgIpc) is 2.53. The molecular formula is C16H16ClFN2O3S. The van der Waals surface area contributed by atoms with E-state index in [1.165, 1.54) is 24.3 Å². The zero-order valence-electron chi connectivity index (χ0n) is 12.9. The van der Waals surface area contributed by atoms with Gasteiger partial charge in [0.25, 0.3) is 0 Å². The number of Topliss-reactive ketones (excluding diaryl/α,β-unsaturated/α-hetero) is 1. The van der Waals surface area contributed by atoms with Gasteiger partial charge in [-0.15, -0.1) is 0 Å². The molecule has 0 aliphatic carbocycles. The average molecular weight is 371 g/mol. The van der Waals surface area contributed by atoms with Crippen LogP contribution >= 0.6 is 11.6 Å². The zero-order chi connectivity index (χ0) is 17.9. The molecule has 0 heterocycles. The largest absolute Gasteiger partial charge is 0.324 e. The fourth-order valence-electron chi connectivity index (χ4n) is 2.13. The van der Waals surface area contributed by atoms with Crippen molar-refractivity contribution < 1.29 is 17.6 Å². The molecule has 24 heavy (non-hydrogen) atoms. The van der Waals surface area contributed by atoms with E-state index in [2.05, 4.69) is 0 Å². The van der Waals surface area contributed by atoms with Crippen LogP contribution < -0.4 is 10.0 Å². The van der Waals surface area contributed by atoms with E-state index in [-0.39, 0.29) is 24.2 Å². The third-order valence-corrected chi connectivity index (χ3v) is 4.78. The molecule has 2 N–H and O–H groups in total. The van der Waals surface area contributed by atoms with Crippen molar-refractivity contribution in [2.45, 2.75) is 6.54 Å². The number of rotatable bonds is 6. The van der Waals surface area contributed by atoms with Crippen LogP contribution in [0.25, 0.3) is 0 Å². The van der Waals surface area contributed by atoms with Crippen molar-refractivity contribution in [1.29, 1.82) is 0 Å². The summed E-state index contributed by atoms with van der Waals surface area (Å²) in [6.45, 7) is -0.428. The molecule has 0 aliphatic heterocycles. The number of halogens is 2. The lowest BCUT2D eigenvalue weighted by Gasteiger charge is -2.23. The summed E-state index contributed by atoms with van der Waals surface area (Å²) in [7, 11) is -3.64. The molecule has 8 heteroatoms. The van der Waals surface area contributed by atoms with Crippen LogP contribution in [0.4, 0.5) is 10.1 Å². The highest BCUT2D eigenvalue weighted by Crippen LogP contribution is 2.24. The van der Waals surface area contributed by atoms with E-state index >= 15 is 0 Å². The molecule has 0 fully saturated rings. The van der Waals surface area contributed by atoms with E-state index in [4.69, 9.17) is 17.3 Å². The zero-order valence-corrected chi connectivity index (χ0v) is 14.4. The smallest absolute Gasteiger partial charge is 0.232 e. The van der Waals surface area contributed by atoms with E-state index in [1.807, 2.05) is 0 Å². The molecule has 0 radical (unpaired) electrons. The van der Waals surface area contributed by atoms with Gasteiger partial charge in [-0.2, -0.15) is 0 Å². The summed E-state index contributed by atoms with van der Waals surface area (Å²) in [6.07, 6.45) is 1.03. The quantitative estimate of drug-likeness (QED) is 0.792. The fraction of sp³-hybridized carbons (Fsp3) is 0.188. The molecule has 0 spiro atoms. The molecule has 2 aromatic carbocycles. The first-order valence-corrected chi connectivity index (χ1v) is 9.20. The van der Waals surface area contributed by atoms with Gasteiger partial charge < -0.3 is 5.73 Å². The minimum atomic E-state index is -3.64. The minimum Gasteiger partial charge on any atom is -0.324 e. The summed E-state index contributed by atoms with van der Waals surface area (Å²) < 4.78 is 39.4. The van der Waals surface area contributed by atoms with Gasteiger partial charge in [-0.1, -0.05) is 23.7 Å². The van der Waals surface area contributed by atoms with Crippen LogP contribution in [-0.4, -0.2) is 27.0 Å². The Balaban J connectivity index is 2.37. The van der Waals surface area contributed by atoms with E-state index < -0.39 is 21.6 Å². The first-order chi connectivity index (χ1) is 11.2. The van der Waals surface area contributed by atoms with Gasteiger partial charge in [-0.3, -0.25) is 9.10 Å². The van der Waals surface area contributed by atoms with E-state index in [1.54, 1.807) is 12.1 Å². The topological polar surface area (TPSA) is 80.5 Å². The van der Waals surface area contributed by atoms with Gasteiger partial charge in [-0.05, 0) is 30.3 Å². The maximum Gasteiger partial charge on any atom is 0.232 e. The highest BCUT2D eigenvalue weighted by atomic mass is 35.5. The number of nitrogens with two attached hydrogens (primary N) is 1. The fourth-order valence-corrected chi connectivity index (χ4v) is 3.13. The number of sulfonamides is 1. The normalized spacial score (nSPS) is 11.3. The van der Waals surface area contributed by atoms with Gasteiger partial charge in [0, 0.05) is 16.1 Å². The Labute approximate surface area is 144 Å². The Bertz CT molecular complexity index is 854. The predicted octanol–water partition coefficient (Wildman–Crippen LogP) is 2.59. The number of hydrogen-bond donors (Lipinski definition) is 1. The summed E-state index contributed by atoms with van der Waals surface area (Å²) in [6, 6.07) is 10.0. The molecule has 0 atom stereocenters. The Kier molecular flexibility index (Phi) is 5.58. The molecule has 2 rings (SSSR count). The molecule has 0 aromatic heterocycles. The Hall–Kier alpha value is -1.96. The van der Waals surface area contributed by atoms with Crippen molar-refractivity contribution in [2.24, 2.45) is 5.73 Å². The van der Waals surface area contributed by atoms with Gasteiger partial charge in [-0.25, -0.2) is 12.8 Å². The van der Waals surface area contributed by atoms with Crippen molar-refractivity contribution >= 4 is 33.1 Å². The highest BCUT2D eigenvalue weighted by Gasteiger charge is 2.20. The van der Waals surface area contributed by atoms with Crippen molar-refractivity contribution in [1.82, 2.24) is 0 Å². The Morgan fingerprint density at radius 2 is 1.83 bits per heavy atom. The minimum absolute atomic E-state index is 0.143. The monoisotopic (exact) mass is 370 g/mol. The lowest BCUT2D eigenvalue weighted by Crippen LogP contribution is -2.29. The number of anilines is 1. The summed E-state index contributed by atoms with van der Waals surface area (Å²) in [5, 5.41) is 0.461. The molecule has 0 unspecified atom stereocenters. The number of ketones is 1. The van der Waals surface area contributed by atoms with Crippen LogP contribution in [0, 0.1) is 5.82 Å². The third-order valence-electron chi connectivity index (χ3n) is 3.39. The van der Waals surface area contributed by atoms with Crippen LogP contribution in [-0.2, 0) is 16.6 Å². The number of hydrogen-bond acceptors (Lipinski definition) is 4. The second kappa shape index (κ2) is 7.29. The lowest BCUT2D eigenvalue weighted by molar-refractivity contribution is 0.100. The van der Waals surface area contributed by atoms with Crippen molar-refractivity contribution in [3.05, 3.63) is 64.4 Å². The number of nitrogens with zero attached hydrogens (tertiary/aromatic N) is 1. The molecule has 0 saturated heterocycles. The van der Waals surface area contributed by atoms with Gasteiger partial charge in [0.05, 0.1) is 25.0 Å². The number of carbonyl (C=O) groups excluding carboxylic acids is 1. The van der Waals surface area contributed by atoms with Crippen molar-refractivity contribution in [3.8, 4) is 0 Å². The van der Waals surface area contributed by atoms with Crippen LogP contribution in [0.2, 0.25) is 5.02 Å². The van der Waals surface area contributed by atoms with Crippen LogP contribution in [0.3, 0.4) is 0 Å². The molecule has 0 aliphatic rings. The molecule has 0 saturated carbocycles. The summed E-state index contributed by atoms with van der Waals surface area (Å²) in [4.78, 5) is 11.5. The van der Waals surface area contributed by atoms with Crippen molar-refractivity contribution in [2.75, 3.05) is 17.1 Å². The van der Waals surface area contributed by atoms with Crippen LogP contribution in [0.1, 0.15) is 15.9 Å². The van der Waals surface area contributed by atoms with Crippen molar-refractivity contribution in [3.63, 3.8) is 0 Å². The summed E-state index contributed by atoms with van der Waals surface area (Å²) in [5.41, 5.74) is 5.90.